The van der Waals surface area contributed by atoms with Crippen LogP contribution < -0.4 is 0 Å². The van der Waals surface area contributed by atoms with Gasteiger partial charge in [0.2, 0.25) is 0 Å². The van der Waals surface area contributed by atoms with Crippen molar-refractivity contribution in [2.45, 2.75) is 37.4 Å². The molecular weight excluding hydrogens is 200 g/mol. The molecule has 3 atom stereocenters. The summed E-state index contributed by atoms with van der Waals surface area (Å²) in [6.07, 6.45) is 1.17. The Bertz CT molecular complexity index is 341. The van der Waals surface area contributed by atoms with E-state index in [1.54, 1.807) is 0 Å². The quantitative estimate of drug-likeness (QED) is 0.628. The highest BCUT2D eigenvalue weighted by molar-refractivity contribution is 7.95. The van der Waals surface area contributed by atoms with E-state index in [0.717, 1.165) is 0 Å². The van der Waals surface area contributed by atoms with Crippen LogP contribution in [0.3, 0.4) is 0 Å². The summed E-state index contributed by atoms with van der Waals surface area (Å²) in [5, 5.41) is 0. The van der Waals surface area contributed by atoms with E-state index in [-0.39, 0.29) is 4.37 Å². The molecule has 76 valence electrons. The van der Waals surface area contributed by atoms with Crippen molar-refractivity contribution in [2.24, 2.45) is 11.8 Å². The van der Waals surface area contributed by atoms with Crippen molar-refractivity contribution in [1.29, 1.82) is 0 Å². The third-order valence-electron chi connectivity index (χ3n) is 4.20. The molecule has 1 heterocycles. The topological polar surface area (TPSA) is 34.1 Å². The molecule has 0 aromatic heterocycles. The molecule has 2 aliphatic rings. The normalized spacial score (nSPS) is 47.4. The predicted molar refractivity (Wildman–Crippen MR) is 57.1 cm³/mol. The molecule has 0 bridgehead atoms. The summed E-state index contributed by atoms with van der Waals surface area (Å²) in [7, 11) is -4.38. The third kappa shape index (κ3) is 1.02. The number of hydrogen-bond acceptors (Lipinski definition) is 2. The molecule has 0 aromatic carbocycles. The van der Waals surface area contributed by atoms with Gasteiger partial charge in [-0.05, 0) is 25.2 Å². The summed E-state index contributed by atoms with van der Waals surface area (Å²) in [6, 6.07) is 0. The van der Waals surface area contributed by atoms with Crippen LogP contribution in [0.2, 0.25) is 19.6 Å². The average Bonchev–Trinajstić information content (AvgIpc) is 2.57. The van der Waals surface area contributed by atoms with Crippen LogP contribution in [0.15, 0.2) is 0 Å². The molecule has 0 spiro atoms. The minimum absolute atomic E-state index is 0.329. The first-order valence-corrected chi connectivity index (χ1v) is 10.1. The predicted octanol–water partition coefficient (Wildman–Crippen LogP) is 1.69. The second-order valence-electron chi connectivity index (χ2n) is 5.74. The van der Waals surface area contributed by atoms with Crippen molar-refractivity contribution in [3.05, 3.63) is 0 Å². The summed E-state index contributed by atoms with van der Waals surface area (Å²) in [4.78, 5) is 0. The van der Waals surface area contributed by atoms with Gasteiger partial charge < -0.3 is 0 Å². The minimum Gasteiger partial charge on any atom is -0.229 e. The molecule has 2 rings (SSSR count). The highest BCUT2D eigenvalue weighted by Crippen LogP contribution is 2.60. The Morgan fingerprint density at radius 3 is 2.08 bits per heavy atom. The van der Waals surface area contributed by atoms with Crippen LogP contribution in [-0.2, 0) is 9.84 Å². The molecule has 0 unspecified atom stereocenters. The van der Waals surface area contributed by atoms with Crippen LogP contribution in [0.4, 0.5) is 0 Å². The number of hydrogen-bond donors (Lipinski definition) is 0. The van der Waals surface area contributed by atoms with Crippen molar-refractivity contribution in [3.8, 4) is 0 Å². The zero-order chi connectivity index (χ0) is 10.1. The highest BCUT2D eigenvalue weighted by atomic mass is 32.2. The van der Waals surface area contributed by atoms with E-state index in [1.165, 1.54) is 6.42 Å². The first kappa shape index (κ1) is 9.71. The lowest BCUT2D eigenvalue weighted by Crippen LogP contribution is -2.55. The van der Waals surface area contributed by atoms with Gasteiger partial charge in [-0.1, -0.05) is 19.6 Å². The van der Waals surface area contributed by atoms with Crippen LogP contribution in [0.25, 0.3) is 0 Å². The molecule has 0 aromatic rings. The lowest BCUT2D eigenvalue weighted by molar-refractivity contribution is 0.569. The average molecular weight is 218 g/mol. The van der Waals surface area contributed by atoms with Crippen molar-refractivity contribution in [1.82, 2.24) is 0 Å². The van der Waals surface area contributed by atoms with Gasteiger partial charge in [0.15, 0.2) is 9.84 Å². The standard InChI is InChI=1S/C9H18O2SSi/c1-9(13(2,3)4)8-5-7(8)6-12(9,10)11/h7-8H,5-6H2,1-4H3/t7-,8-,9-/m1/s1. The zero-order valence-electron chi connectivity index (χ0n) is 8.79. The molecular formula is C9H18O2SSi. The minimum atomic E-state index is -2.78. The van der Waals surface area contributed by atoms with Gasteiger partial charge >= 0.3 is 0 Å². The Labute approximate surface area is 81.7 Å². The lowest BCUT2D eigenvalue weighted by atomic mass is 10.3. The largest absolute Gasteiger partial charge is 0.229 e. The molecule has 2 nitrogen and oxygen atoms in total. The Balaban J connectivity index is 2.51. The fourth-order valence-corrected chi connectivity index (χ4v) is 10.3. The van der Waals surface area contributed by atoms with Gasteiger partial charge in [-0.3, -0.25) is 0 Å². The maximum Gasteiger partial charge on any atom is 0.153 e. The van der Waals surface area contributed by atoms with Gasteiger partial charge in [-0.25, -0.2) is 8.42 Å². The van der Waals surface area contributed by atoms with Gasteiger partial charge in [0.1, 0.15) is 0 Å². The fourth-order valence-electron chi connectivity index (χ4n) is 2.81. The Morgan fingerprint density at radius 2 is 1.85 bits per heavy atom. The van der Waals surface area contributed by atoms with Gasteiger partial charge in [-0.15, -0.1) is 0 Å². The molecule has 1 aliphatic heterocycles. The molecule has 0 amide bonds. The molecule has 0 N–H and O–H groups in total. The third-order valence-corrected chi connectivity index (χ3v) is 12.8. The Hall–Kier alpha value is 0.167. The number of sulfone groups is 1. The van der Waals surface area contributed by atoms with Gasteiger partial charge in [0.25, 0.3) is 0 Å². The molecule has 1 saturated heterocycles. The van der Waals surface area contributed by atoms with Crippen LogP contribution in [0.5, 0.6) is 0 Å². The van der Waals surface area contributed by atoms with E-state index in [9.17, 15) is 8.42 Å². The molecule has 2 fully saturated rings. The van der Waals surface area contributed by atoms with Gasteiger partial charge in [0.05, 0.1) is 18.2 Å². The van der Waals surface area contributed by atoms with Crippen molar-refractivity contribution in [2.75, 3.05) is 5.75 Å². The second-order valence-corrected chi connectivity index (χ2v) is 14.1. The van der Waals surface area contributed by atoms with Crippen LogP contribution in [0, 0.1) is 11.8 Å². The maximum atomic E-state index is 12.0. The Morgan fingerprint density at radius 1 is 1.31 bits per heavy atom. The van der Waals surface area contributed by atoms with E-state index in [0.29, 0.717) is 17.6 Å². The smallest absolute Gasteiger partial charge is 0.153 e. The van der Waals surface area contributed by atoms with Crippen molar-refractivity contribution in [3.63, 3.8) is 0 Å². The SMILES string of the molecule is C[C@@]1([Si](C)(C)C)[C@@H]2C[C@@H]2CS1(=O)=O. The highest BCUT2D eigenvalue weighted by Gasteiger charge is 2.68. The summed E-state index contributed by atoms with van der Waals surface area (Å²) in [5.74, 6) is 1.49. The van der Waals surface area contributed by atoms with Gasteiger partial charge in [-0.2, -0.15) is 0 Å². The summed E-state index contributed by atoms with van der Waals surface area (Å²) < 4.78 is 23.7. The molecule has 4 heteroatoms. The monoisotopic (exact) mass is 218 g/mol. The number of rotatable bonds is 1. The second kappa shape index (κ2) is 2.22. The zero-order valence-corrected chi connectivity index (χ0v) is 10.6. The van der Waals surface area contributed by atoms with E-state index in [1.807, 2.05) is 6.92 Å². The molecule has 13 heavy (non-hydrogen) atoms. The van der Waals surface area contributed by atoms with Crippen molar-refractivity contribution < 1.29 is 8.42 Å². The van der Waals surface area contributed by atoms with E-state index in [2.05, 4.69) is 19.6 Å². The first-order chi connectivity index (χ1) is 5.70. The summed E-state index contributed by atoms with van der Waals surface area (Å²) in [6.45, 7) is 8.56. The van der Waals surface area contributed by atoms with E-state index >= 15 is 0 Å². The summed E-state index contributed by atoms with van der Waals surface area (Å²) >= 11 is 0. The van der Waals surface area contributed by atoms with Crippen LogP contribution >= 0.6 is 0 Å². The van der Waals surface area contributed by atoms with Gasteiger partial charge in [0, 0.05) is 0 Å². The van der Waals surface area contributed by atoms with Crippen LogP contribution in [-0.4, -0.2) is 26.6 Å². The maximum absolute atomic E-state index is 12.0. The lowest BCUT2D eigenvalue weighted by Gasteiger charge is -2.37. The van der Waals surface area contributed by atoms with E-state index < -0.39 is 17.9 Å². The molecule has 0 radical (unpaired) electrons. The molecule has 1 aliphatic carbocycles. The van der Waals surface area contributed by atoms with E-state index in [4.69, 9.17) is 0 Å². The summed E-state index contributed by atoms with van der Waals surface area (Å²) in [5.41, 5.74) is 0. The van der Waals surface area contributed by atoms with Crippen LogP contribution in [0.1, 0.15) is 13.3 Å². The number of fused-ring (bicyclic) bond motifs is 1. The van der Waals surface area contributed by atoms with Crippen molar-refractivity contribution >= 4 is 17.9 Å². The molecule has 1 saturated carbocycles. The first-order valence-electron chi connectivity index (χ1n) is 4.92. The Kier molecular flexibility index (Phi) is 1.66. The fraction of sp³-hybridized carbons (Fsp3) is 1.00.